The van der Waals surface area contributed by atoms with Gasteiger partial charge in [0.15, 0.2) is 11.3 Å². The molecular weight excluding hydrogens is 278 g/mol. The molecule has 9 nitrogen and oxygen atoms in total. The summed E-state index contributed by atoms with van der Waals surface area (Å²) in [6.07, 6.45) is 4.58. The highest BCUT2D eigenvalue weighted by Crippen LogP contribution is 2.31. The number of aromatic amines is 2. The number of H-pyrrole nitrogens is 2. The van der Waals surface area contributed by atoms with Gasteiger partial charge in [0.25, 0.3) is 0 Å². The number of nitrogens with one attached hydrogen (secondary N) is 2. The van der Waals surface area contributed by atoms with Crippen molar-refractivity contribution in [3.63, 3.8) is 0 Å². The minimum Gasteiger partial charge on any atom is -0.368 e. The quantitative estimate of drug-likeness (QED) is 0.459. The summed E-state index contributed by atoms with van der Waals surface area (Å²) >= 11 is 1.35. The van der Waals surface area contributed by atoms with Crippen molar-refractivity contribution in [1.82, 2.24) is 39.9 Å². The molecule has 0 unspecified atom stereocenters. The van der Waals surface area contributed by atoms with Gasteiger partial charge >= 0.3 is 0 Å². The molecule has 4 heterocycles. The molecule has 4 N–H and O–H groups in total. The summed E-state index contributed by atoms with van der Waals surface area (Å²) in [7, 11) is 0. The number of nitrogen functional groups attached to an aromatic ring is 1. The molecule has 0 amide bonds. The van der Waals surface area contributed by atoms with Gasteiger partial charge in [0.1, 0.15) is 27.4 Å². The Morgan fingerprint density at radius 3 is 2.45 bits per heavy atom. The fourth-order valence-corrected chi connectivity index (χ4v) is 2.74. The maximum Gasteiger partial charge on any atom is 0.223 e. The van der Waals surface area contributed by atoms with Crippen LogP contribution < -0.4 is 5.73 Å². The summed E-state index contributed by atoms with van der Waals surface area (Å²) in [5.41, 5.74) is 8.28. The molecule has 0 spiro atoms. The maximum absolute atomic E-state index is 5.69. The summed E-state index contributed by atoms with van der Waals surface area (Å²) in [4.78, 5) is 30.8. The highest BCUT2D eigenvalue weighted by molar-refractivity contribution is 7.99. The maximum atomic E-state index is 5.69. The largest absolute Gasteiger partial charge is 0.368 e. The number of rotatable bonds is 2. The Balaban J connectivity index is 1.88. The normalized spacial score (nSPS) is 11.4. The molecule has 0 bridgehead atoms. The average molecular weight is 285 g/mol. The van der Waals surface area contributed by atoms with E-state index >= 15 is 0 Å². The second-order valence-corrected chi connectivity index (χ2v) is 4.85. The smallest absolute Gasteiger partial charge is 0.223 e. The SMILES string of the molecule is Nc1nc(Sc2ncnc3nc[nH]c23)c2[nH]cnc2n1. The molecule has 0 aliphatic rings. The number of imidazole rings is 2. The van der Waals surface area contributed by atoms with Crippen LogP contribution in [0.1, 0.15) is 0 Å². The van der Waals surface area contributed by atoms with Crippen LogP contribution in [0.4, 0.5) is 5.95 Å². The van der Waals surface area contributed by atoms with Crippen molar-refractivity contribution in [3.05, 3.63) is 19.0 Å². The van der Waals surface area contributed by atoms with Crippen LogP contribution in [0.3, 0.4) is 0 Å². The van der Waals surface area contributed by atoms with Gasteiger partial charge in [-0.25, -0.2) is 24.9 Å². The van der Waals surface area contributed by atoms with Gasteiger partial charge in [-0.15, -0.1) is 0 Å². The van der Waals surface area contributed by atoms with Crippen LogP contribution in [-0.2, 0) is 0 Å². The molecule has 0 fully saturated rings. The molecule has 0 radical (unpaired) electrons. The van der Waals surface area contributed by atoms with Gasteiger partial charge in [-0.05, 0) is 11.8 Å². The van der Waals surface area contributed by atoms with E-state index in [-0.39, 0.29) is 5.95 Å². The Morgan fingerprint density at radius 2 is 1.60 bits per heavy atom. The van der Waals surface area contributed by atoms with Gasteiger partial charge in [-0.1, -0.05) is 0 Å². The third-order valence-corrected chi connectivity index (χ3v) is 3.64. The molecule has 0 aliphatic carbocycles. The van der Waals surface area contributed by atoms with Crippen LogP contribution in [0, 0.1) is 0 Å². The van der Waals surface area contributed by atoms with Crippen LogP contribution in [0.5, 0.6) is 0 Å². The number of hydrogen-bond donors (Lipinski definition) is 3. The third kappa shape index (κ3) is 1.66. The number of nitrogens with two attached hydrogens (primary N) is 1. The lowest BCUT2D eigenvalue weighted by molar-refractivity contribution is 1.06. The molecule has 98 valence electrons. The van der Waals surface area contributed by atoms with Crippen molar-refractivity contribution < 1.29 is 0 Å². The van der Waals surface area contributed by atoms with Gasteiger partial charge < -0.3 is 15.7 Å². The highest BCUT2D eigenvalue weighted by atomic mass is 32.2. The zero-order chi connectivity index (χ0) is 13.5. The van der Waals surface area contributed by atoms with E-state index in [2.05, 4.69) is 39.9 Å². The predicted octanol–water partition coefficient (Wildman–Crippen LogP) is 0.753. The van der Waals surface area contributed by atoms with E-state index < -0.39 is 0 Å². The summed E-state index contributed by atoms with van der Waals surface area (Å²) in [6, 6.07) is 0. The molecule has 4 aromatic heterocycles. The van der Waals surface area contributed by atoms with Crippen LogP contribution in [-0.4, -0.2) is 39.9 Å². The molecule has 10 heteroatoms. The number of nitrogens with zero attached hydrogens (tertiary/aromatic N) is 6. The Hall–Kier alpha value is -2.75. The van der Waals surface area contributed by atoms with Crippen molar-refractivity contribution in [3.8, 4) is 0 Å². The van der Waals surface area contributed by atoms with E-state index in [1.54, 1.807) is 12.7 Å². The Labute approximate surface area is 115 Å². The average Bonchev–Trinajstić information content (AvgIpc) is 3.06. The van der Waals surface area contributed by atoms with Crippen LogP contribution in [0.2, 0.25) is 0 Å². The monoisotopic (exact) mass is 285 g/mol. The van der Waals surface area contributed by atoms with E-state index in [4.69, 9.17) is 5.73 Å². The first-order valence-corrected chi connectivity index (χ1v) is 6.41. The second-order valence-electron chi connectivity index (χ2n) is 3.87. The number of anilines is 1. The van der Waals surface area contributed by atoms with Crippen molar-refractivity contribution in [1.29, 1.82) is 0 Å². The summed E-state index contributed by atoms with van der Waals surface area (Å²) < 4.78 is 0. The molecule has 4 rings (SSSR count). The van der Waals surface area contributed by atoms with Gasteiger partial charge in [0.05, 0.1) is 12.7 Å². The fraction of sp³-hybridized carbons (Fsp3) is 0. The van der Waals surface area contributed by atoms with Crippen LogP contribution >= 0.6 is 11.8 Å². The van der Waals surface area contributed by atoms with Crippen molar-refractivity contribution in [2.24, 2.45) is 0 Å². The first kappa shape index (κ1) is 11.1. The molecular formula is C10H7N9S. The number of hydrogen-bond acceptors (Lipinski definition) is 8. The minimum absolute atomic E-state index is 0.169. The van der Waals surface area contributed by atoms with E-state index in [1.807, 2.05) is 0 Å². The van der Waals surface area contributed by atoms with Gasteiger partial charge in [-0.3, -0.25) is 0 Å². The first-order valence-electron chi connectivity index (χ1n) is 5.60. The van der Waals surface area contributed by atoms with E-state index in [1.165, 1.54) is 18.1 Å². The summed E-state index contributed by atoms with van der Waals surface area (Å²) in [5, 5.41) is 1.36. The lowest BCUT2D eigenvalue weighted by atomic mass is 10.5. The molecule has 0 atom stereocenters. The topological polar surface area (TPSA) is 135 Å². The zero-order valence-corrected chi connectivity index (χ0v) is 10.7. The highest BCUT2D eigenvalue weighted by Gasteiger charge is 2.13. The summed E-state index contributed by atoms with van der Waals surface area (Å²) in [5.74, 6) is 0.169. The lowest BCUT2D eigenvalue weighted by Crippen LogP contribution is -1.97. The standard InChI is InChI=1S/C10H7N9S/c11-10-18-7-5(13-2-16-7)9(19-10)20-8-4-6(14-1-12-4)15-3-17-8/h1-3H,(H,12,14,15,17)(H3,11,13,16,18,19). The van der Waals surface area contributed by atoms with Crippen LogP contribution in [0.15, 0.2) is 29.0 Å². The van der Waals surface area contributed by atoms with E-state index in [0.717, 1.165) is 11.0 Å². The Morgan fingerprint density at radius 1 is 0.850 bits per heavy atom. The van der Waals surface area contributed by atoms with Gasteiger partial charge in [0.2, 0.25) is 5.95 Å². The number of aromatic nitrogens is 8. The molecule has 0 saturated carbocycles. The Kier molecular flexibility index (Phi) is 2.29. The third-order valence-electron chi connectivity index (χ3n) is 2.65. The van der Waals surface area contributed by atoms with Crippen molar-refractivity contribution in [2.75, 3.05) is 5.73 Å². The molecule has 0 aromatic carbocycles. The fourth-order valence-electron chi connectivity index (χ4n) is 1.81. The van der Waals surface area contributed by atoms with Crippen molar-refractivity contribution >= 4 is 40.0 Å². The Bertz CT molecular complexity index is 911. The lowest BCUT2D eigenvalue weighted by Gasteiger charge is -2.02. The van der Waals surface area contributed by atoms with Gasteiger partial charge in [-0.2, -0.15) is 4.98 Å². The minimum atomic E-state index is 0.169. The molecule has 0 saturated heterocycles. The zero-order valence-electron chi connectivity index (χ0n) is 9.90. The predicted molar refractivity (Wildman–Crippen MR) is 71.9 cm³/mol. The molecule has 4 aromatic rings. The van der Waals surface area contributed by atoms with E-state index in [9.17, 15) is 0 Å². The van der Waals surface area contributed by atoms with Gasteiger partial charge in [0, 0.05) is 0 Å². The van der Waals surface area contributed by atoms with Crippen LogP contribution in [0.25, 0.3) is 22.3 Å². The molecule has 20 heavy (non-hydrogen) atoms. The first-order chi connectivity index (χ1) is 9.81. The molecule has 0 aliphatic heterocycles. The second kappa shape index (κ2) is 4.13. The number of fused-ring (bicyclic) bond motifs is 2. The summed E-state index contributed by atoms with van der Waals surface area (Å²) in [6.45, 7) is 0. The van der Waals surface area contributed by atoms with E-state index in [0.29, 0.717) is 21.3 Å². The van der Waals surface area contributed by atoms with Crippen molar-refractivity contribution in [2.45, 2.75) is 10.1 Å².